The Bertz CT molecular complexity index is 606. The summed E-state index contributed by atoms with van der Waals surface area (Å²) >= 11 is 5.92. The number of benzene rings is 1. The van der Waals surface area contributed by atoms with Crippen LogP contribution in [-0.4, -0.2) is 35.8 Å². The van der Waals surface area contributed by atoms with Gasteiger partial charge in [0.25, 0.3) is 0 Å². The second-order valence-electron chi connectivity index (χ2n) is 5.49. The predicted octanol–water partition coefficient (Wildman–Crippen LogP) is 3.25. The number of aromatic nitrogens is 2. The van der Waals surface area contributed by atoms with E-state index in [0.29, 0.717) is 11.8 Å². The van der Waals surface area contributed by atoms with Crippen LogP contribution in [0.25, 0.3) is 11.0 Å². The van der Waals surface area contributed by atoms with E-state index in [9.17, 15) is 0 Å². The number of aryl methyl sites for hydroxylation is 2. The minimum absolute atomic E-state index is 0.590. The predicted molar refractivity (Wildman–Crippen MR) is 84.3 cm³/mol. The zero-order valence-electron chi connectivity index (χ0n) is 12.3. The fourth-order valence-corrected chi connectivity index (χ4v) is 3.10. The maximum atomic E-state index is 5.92. The van der Waals surface area contributed by atoms with Crippen LogP contribution in [0.15, 0.2) is 18.2 Å². The minimum Gasteiger partial charge on any atom is -0.497 e. The zero-order valence-corrected chi connectivity index (χ0v) is 13.1. The lowest BCUT2D eigenvalue weighted by Crippen LogP contribution is -2.09. The van der Waals surface area contributed by atoms with E-state index >= 15 is 0 Å². The molecule has 1 aliphatic heterocycles. The molecule has 1 aliphatic rings. The van der Waals surface area contributed by atoms with Crippen molar-refractivity contribution in [2.75, 3.05) is 26.2 Å². The summed E-state index contributed by atoms with van der Waals surface area (Å²) in [6.07, 6.45) is 3.10. The van der Waals surface area contributed by atoms with Gasteiger partial charge in [-0.25, -0.2) is 4.98 Å². The van der Waals surface area contributed by atoms with Crippen molar-refractivity contribution in [3.63, 3.8) is 0 Å². The van der Waals surface area contributed by atoms with Crippen LogP contribution in [0.2, 0.25) is 0 Å². The topological polar surface area (TPSA) is 36.3 Å². The van der Waals surface area contributed by atoms with E-state index in [1.54, 1.807) is 7.11 Å². The van der Waals surface area contributed by atoms with E-state index in [1.165, 1.54) is 6.42 Å². The molecule has 21 heavy (non-hydrogen) atoms. The Kier molecular flexibility index (Phi) is 4.66. The van der Waals surface area contributed by atoms with Crippen LogP contribution >= 0.6 is 11.6 Å². The number of nitrogens with zero attached hydrogens (tertiary/aromatic N) is 2. The fourth-order valence-electron chi connectivity index (χ4n) is 2.93. The first-order valence-corrected chi connectivity index (χ1v) is 8.02. The Hall–Kier alpha value is -1.26. The molecule has 114 valence electrons. The number of rotatable bonds is 6. The highest BCUT2D eigenvalue weighted by Gasteiger charge is 2.17. The molecule has 1 aromatic heterocycles. The van der Waals surface area contributed by atoms with Gasteiger partial charge in [-0.2, -0.15) is 0 Å². The number of methoxy groups -OCH3 is 1. The van der Waals surface area contributed by atoms with Crippen molar-refractivity contribution in [1.82, 2.24) is 9.55 Å². The SMILES string of the molecule is COc1ccc2c(c1)nc(CCCl)n2CCC1CCOC1. The molecule has 0 aliphatic carbocycles. The van der Waals surface area contributed by atoms with Crippen molar-refractivity contribution in [3.8, 4) is 5.75 Å². The van der Waals surface area contributed by atoms with Crippen molar-refractivity contribution in [2.24, 2.45) is 5.92 Å². The van der Waals surface area contributed by atoms with Crippen molar-refractivity contribution in [1.29, 1.82) is 0 Å². The molecule has 1 saturated heterocycles. The van der Waals surface area contributed by atoms with Gasteiger partial charge in [0.2, 0.25) is 0 Å². The van der Waals surface area contributed by atoms with Crippen molar-refractivity contribution >= 4 is 22.6 Å². The summed E-state index contributed by atoms with van der Waals surface area (Å²) in [5, 5.41) is 0. The normalized spacial score (nSPS) is 18.5. The van der Waals surface area contributed by atoms with E-state index in [2.05, 4.69) is 10.6 Å². The first kappa shape index (κ1) is 14.7. The molecule has 0 radical (unpaired) electrons. The monoisotopic (exact) mass is 308 g/mol. The lowest BCUT2D eigenvalue weighted by atomic mass is 10.1. The van der Waals surface area contributed by atoms with Gasteiger partial charge in [0.1, 0.15) is 11.6 Å². The van der Waals surface area contributed by atoms with Gasteiger partial charge in [-0.3, -0.25) is 0 Å². The van der Waals surface area contributed by atoms with E-state index in [4.69, 9.17) is 26.1 Å². The highest BCUT2D eigenvalue weighted by atomic mass is 35.5. The van der Waals surface area contributed by atoms with Crippen molar-refractivity contribution in [3.05, 3.63) is 24.0 Å². The summed E-state index contributed by atoms with van der Waals surface area (Å²) in [6, 6.07) is 6.07. The average Bonchev–Trinajstić information content (AvgIpc) is 3.12. The highest BCUT2D eigenvalue weighted by molar-refractivity contribution is 6.17. The van der Waals surface area contributed by atoms with Gasteiger partial charge in [-0.15, -0.1) is 11.6 Å². The largest absolute Gasteiger partial charge is 0.497 e. The molecule has 1 fully saturated rings. The first-order chi connectivity index (χ1) is 10.3. The van der Waals surface area contributed by atoms with Gasteiger partial charge in [0.15, 0.2) is 0 Å². The highest BCUT2D eigenvalue weighted by Crippen LogP contribution is 2.24. The first-order valence-electron chi connectivity index (χ1n) is 7.48. The van der Waals surface area contributed by atoms with Crippen LogP contribution in [0.4, 0.5) is 0 Å². The second-order valence-corrected chi connectivity index (χ2v) is 5.87. The Morgan fingerprint density at radius 2 is 2.38 bits per heavy atom. The van der Waals surface area contributed by atoms with Crippen molar-refractivity contribution < 1.29 is 9.47 Å². The summed E-state index contributed by atoms with van der Waals surface area (Å²) in [4.78, 5) is 4.72. The molecule has 5 heteroatoms. The number of ether oxygens (including phenoxy) is 2. The summed E-state index contributed by atoms with van der Waals surface area (Å²) in [5.74, 6) is 3.16. The van der Waals surface area contributed by atoms with Gasteiger partial charge >= 0.3 is 0 Å². The number of imidazole rings is 1. The van der Waals surface area contributed by atoms with Crippen LogP contribution in [-0.2, 0) is 17.7 Å². The van der Waals surface area contributed by atoms with Gasteiger partial charge in [0, 0.05) is 38.1 Å². The third-order valence-corrected chi connectivity index (χ3v) is 4.33. The Morgan fingerprint density at radius 1 is 1.48 bits per heavy atom. The van der Waals surface area contributed by atoms with E-state index in [-0.39, 0.29) is 0 Å². The molecule has 0 bridgehead atoms. The quantitative estimate of drug-likeness (QED) is 0.769. The summed E-state index contributed by atoms with van der Waals surface area (Å²) in [6.45, 7) is 2.77. The molecule has 0 N–H and O–H groups in total. The summed E-state index contributed by atoms with van der Waals surface area (Å²) < 4.78 is 13.0. The Labute approximate surface area is 130 Å². The van der Waals surface area contributed by atoms with E-state index in [1.807, 2.05) is 12.1 Å². The Morgan fingerprint density at radius 3 is 3.10 bits per heavy atom. The molecule has 1 atom stereocenters. The van der Waals surface area contributed by atoms with Crippen LogP contribution in [0.5, 0.6) is 5.75 Å². The maximum Gasteiger partial charge on any atom is 0.121 e. The van der Waals surface area contributed by atoms with Crippen molar-refractivity contribution in [2.45, 2.75) is 25.8 Å². The molecule has 1 aromatic carbocycles. The van der Waals surface area contributed by atoms with E-state index in [0.717, 1.165) is 55.2 Å². The number of hydrogen-bond acceptors (Lipinski definition) is 3. The molecule has 0 spiro atoms. The fraction of sp³-hybridized carbons (Fsp3) is 0.562. The molecular weight excluding hydrogens is 288 g/mol. The maximum absolute atomic E-state index is 5.92. The smallest absolute Gasteiger partial charge is 0.121 e. The third kappa shape index (κ3) is 3.16. The van der Waals surface area contributed by atoms with Gasteiger partial charge in [0.05, 0.1) is 18.1 Å². The molecule has 3 rings (SSSR count). The van der Waals surface area contributed by atoms with Gasteiger partial charge < -0.3 is 14.0 Å². The van der Waals surface area contributed by atoms with Gasteiger partial charge in [-0.05, 0) is 30.9 Å². The molecule has 2 aromatic rings. The Balaban J connectivity index is 1.87. The van der Waals surface area contributed by atoms with Crippen LogP contribution in [0.1, 0.15) is 18.7 Å². The number of halogens is 1. The van der Waals surface area contributed by atoms with Crippen LogP contribution in [0.3, 0.4) is 0 Å². The number of hydrogen-bond donors (Lipinski definition) is 0. The molecule has 4 nitrogen and oxygen atoms in total. The lowest BCUT2D eigenvalue weighted by Gasteiger charge is -2.11. The average molecular weight is 309 g/mol. The second kappa shape index (κ2) is 6.67. The van der Waals surface area contributed by atoms with Crippen LogP contribution in [0, 0.1) is 5.92 Å². The molecule has 0 saturated carbocycles. The van der Waals surface area contributed by atoms with E-state index < -0.39 is 0 Å². The molecule has 1 unspecified atom stereocenters. The van der Waals surface area contributed by atoms with Gasteiger partial charge in [-0.1, -0.05) is 0 Å². The summed E-state index contributed by atoms with van der Waals surface area (Å²) in [5.41, 5.74) is 2.15. The number of fused-ring (bicyclic) bond motifs is 1. The summed E-state index contributed by atoms with van der Waals surface area (Å²) in [7, 11) is 1.68. The molecular formula is C16H21ClN2O2. The zero-order chi connectivity index (χ0) is 14.7. The van der Waals surface area contributed by atoms with Crippen LogP contribution < -0.4 is 4.74 Å². The number of alkyl halides is 1. The third-order valence-electron chi connectivity index (χ3n) is 4.14. The standard InChI is InChI=1S/C16H21ClN2O2/c1-20-13-2-3-15-14(10-13)18-16(4-7-17)19(15)8-5-12-6-9-21-11-12/h2-3,10,12H,4-9,11H2,1H3. The molecule has 0 amide bonds. The minimum atomic E-state index is 0.590. The molecule has 2 heterocycles. The lowest BCUT2D eigenvalue weighted by molar-refractivity contribution is 0.183.